The fraction of sp³-hybridized carbons (Fsp3) is 0.600. The van der Waals surface area contributed by atoms with Gasteiger partial charge in [-0.1, -0.05) is 6.07 Å². The second-order valence-electron chi connectivity index (χ2n) is 6.60. The highest BCUT2D eigenvalue weighted by Crippen LogP contribution is 2.15. The van der Waals surface area contributed by atoms with Crippen LogP contribution in [-0.2, 0) is 0 Å². The van der Waals surface area contributed by atoms with Crippen molar-refractivity contribution in [2.75, 3.05) is 6.54 Å². The molecule has 0 amide bonds. The maximum absolute atomic E-state index is 12.0. The number of pyridine rings is 1. The Bertz CT molecular complexity index is 442. The fourth-order valence-electron chi connectivity index (χ4n) is 1.38. The molecule has 0 aliphatic rings. The standard InChI is InChI=1S/C15H24N2O2/c1-14(2,3)16-10-12(18)11-8-7-9-13(17-11)19-15(4,5)6/h7-9,16H,10H2,1-6H3. The molecule has 1 aromatic heterocycles. The molecule has 0 unspecified atom stereocenters. The molecule has 0 bridgehead atoms. The number of carbonyl (C=O) groups is 1. The highest BCUT2D eigenvalue weighted by Gasteiger charge is 2.16. The third-order valence-corrected chi connectivity index (χ3v) is 2.20. The smallest absolute Gasteiger partial charge is 0.214 e. The van der Waals surface area contributed by atoms with E-state index in [2.05, 4.69) is 10.3 Å². The number of nitrogens with zero attached hydrogens (tertiary/aromatic N) is 1. The second-order valence-corrected chi connectivity index (χ2v) is 6.60. The zero-order chi connectivity index (χ0) is 14.7. The number of ketones is 1. The summed E-state index contributed by atoms with van der Waals surface area (Å²) in [7, 11) is 0. The van der Waals surface area contributed by atoms with Crippen LogP contribution in [-0.4, -0.2) is 28.5 Å². The van der Waals surface area contributed by atoms with E-state index in [9.17, 15) is 4.79 Å². The van der Waals surface area contributed by atoms with Crippen molar-refractivity contribution in [1.29, 1.82) is 0 Å². The molecule has 1 N–H and O–H groups in total. The molecule has 0 aliphatic heterocycles. The van der Waals surface area contributed by atoms with E-state index in [-0.39, 0.29) is 23.5 Å². The van der Waals surface area contributed by atoms with Crippen LogP contribution in [0.3, 0.4) is 0 Å². The normalized spacial score (nSPS) is 12.3. The highest BCUT2D eigenvalue weighted by atomic mass is 16.5. The van der Waals surface area contributed by atoms with Crippen molar-refractivity contribution in [2.45, 2.75) is 52.7 Å². The van der Waals surface area contributed by atoms with Crippen molar-refractivity contribution in [2.24, 2.45) is 0 Å². The van der Waals surface area contributed by atoms with E-state index in [4.69, 9.17) is 4.74 Å². The molecule has 0 atom stereocenters. The van der Waals surface area contributed by atoms with Gasteiger partial charge in [0.05, 0.1) is 6.54 Å². The van der Waals surface area contributed by atoms with Gasteiger partial charge in [-0.2, -0.15) is 0 Å². The fourth-order valence-corrected chi connectivity index (χ4v) is 1.38. The summed E-state index contributed by atoms with van der Waals surface area (Å²) in [6.45, 7) is 12.2. The number of aromatic nitrogens is 1. The lowest BCUT2D eigenvalue weighted by Crippen LogP contribution is -2.39. The van der Waals surface area contributed by atoms with E-state index in [0.717, 1.165) is 0 Å². The van der Waals surface area contributed by atoms with Crippen LogP contribution in [0.5, 0.6) is 5.88 Å². The van der Waals surface area contributed by atoms with Crippen LogP contribution in [0.4, 0.5) is 0 Å². The minimum atomic E-state index is -0.321. The van der Waals surface area contributed by atoms with E-state index in [1.165, 1.54) is 0 Å². The van der Waals surface area contributed by atoms with Crippen molar-refractivity contribution in [3.05, 3.63) is 23.9 Å². The number of nitrogens with one attached hydrogen (secondary N) is 1. The lowest BCUT2D eigenvalue weighted by Gasteiger charge is -2.21. The summed E-state index contributed by atoms with van der Waals surface area (Å²) < 4.78 is 5.65. The number of carbonyl (C=O) groups excluding carboxylic acids is 1. The van der Waals surface area contributed by atoms with Crippen LogP contribution >= 0.6 is 0 Å². The van der Waals surface area contributed by atoms with Gasteiger partial charge in [0.2, 0.25) is 5.88 Å². The number of Topliss-reactive ketones (excluding diaryl/α,β-unsaturated/α-hetero) is 1. The first-order valence-electron chi connectivity index (χ1n) is 6.51. The molecule has 4 nitrogen and oxygen atoms in total. The number of hydrogen-bond donors (Lipinski definition) is 1. The van der Waals surface area contributed by atoms with Crippen LogP contribution in [0, 0.1) is 0 Å². The van der Waals surface area contributed by atoms with Gasteiger partial charge in [0.15, 0.2) is 5.78 Å². The third-order valence-electron chi connectivity index (χ3n) is 2.20. The van der Waals surface area contributed by atoms with Crippen molar-refractivity contribution < 1.29 is 9.53 Å². The van der Waals surface area contributed by atoms with Gasteiger partial charge in [0.1, 0.15) is 11.3 Å². The predicted molar refractivity (Wildman–Crippen MR) is 76.7 cm³/mol. The van der Waals surface area contributed by atoms with Crippen LogP contribution in [0.2, 0.25) is 0 Å². The summed E-state index contributed by atoms with van der Waals surface area (Å²) in [5, 5.41) is 3.16. The SMILES string of the molecule is CC(C)(C)NCC(=O)c1cccc(OC(C)(C)C)n1. The van der Waals surface area contributed by atoms with Gasteiger partial charge in [-0.25, -0.2) is 4.98 Å². The van der Waals surface area contributed by atoms with Gasteiger partial charge in [-0.05, 0) is 47.6 Å². The molecule has 4 heteroatoms. The molecule has 1 heterocycles. The van der Waals surface area contributed by atoms with Gasteiger partial charge < -0.3 is 10.1 Å². The quantitative estimate of drug-likeness (QED) is 0.850. The van der Waals surface area contributed by atoms with Gasteiger partial charge >= 0.3 is 0 Å². The number of hydrogen-bond acceptors (Lipinski definition) is 4. The van der Waals surface area contributed by atoms with Crippen molar-refractivity contribution in [3.63, 3.8) is 0 Å². The Hall–Kier alpha value is -1.42. The number of rotatable bonds is 4. The second kappa shape index (κ2) is 5.70. The molecule has 106 valence electrons. The summed E-state index contributed by atoms with van der Waals surface area (Å²) in [6.07, 6.45) is 0. The van der Waals surface area contributed by atoms with E-state index >= 15 is 0 Å². The Balaban J connectivity index is 2.73. The first-order valence-corrected chi connectivity index (χ1v) is 6.51. The molecule has 0 aromatic carbocycles. The van der Waals surface area contributed by atoms with Gasteiger partial charge in [-0.15, -0.1) is 0 Å². The highest BCUT2D eigenvalue weighted by molar-refractivity contribution is 5.95. The largest absolute Gasteiger partial charge is 0.472 e. The molecule has 0 saturated heterocycles. The molecular formula is C15H24N2O2. The summed E-state index contributed by atoms with van der Waals surface area (Å²) in [5.41, 5.74) is 0.0200. The Morgan fingerprint density at radius 3 is 2.37 bits per heavy atom. The molecular weight excluding hydrogens is 240 g/mol. The molecule has 1 aromatic rings. The topological polar surface area (TPSA) is 51.2 Å². The van der Waals surface area contributed by atoms with Crippen LogP contribution < -0.4 is 10.1 Å². The summed E-state index contributed by atoms with van der Waals surface area (Å²) in [4.78, 5) is 16.3. The molecule has 0 aliphatic carbocycles. The monoisotopic (exact) mass is 264 g/mol. The van der Waals surface area contributed by atoms with Gasteiger partial charge in [0, 0.05) is 11.6 Å². The van der Waals surface area contributed by atoms with Gasteiger partial charge in [-0.3, -0.25) is 4.79 Å². The predicted octanol–water partition coefficient (Wildman–Crippen LogP) is 2.83. The lowest BCUT2D eigenvalue weighted by molar-refractivity contribution is 0.0968. The molecule has 0 saturated carbocycles. The Kier molecular flexibility index (Phi) is 4.69. The maximum Gasteiger partial charge on any atom is 0.214 e. The Morgan fingerprint density at radius 2 is 1.84 bits per heavy atom. The van der Waals surface area contributed by atoms with Crippen LogP contribution in [0.1, 0.15) is 52.0 Å². The third kappa shape index (κ3) is 6.34. The van der Waals surface area contributed by atoms with E-state index in [1.54, 1.807) is 18.2 Å². The van der Waals surface area contributed by atoms with Crippen molar-refractivity contribution in [1.82, 2.24) is 10.3 Å². The minimum absolute atomic E-state index is 0.0331. The Morgan fingerprint density at radius 1 is 1.21 bits per heavy atom. The first kappa shape index (κ1) is 15.6. The average molecular weight is 264 g/mol. The average Bonchev–Trinajstić information content (AvgIpc) is 2.23. The molecule has 0 spiro atoms. The molecule has 0 radical (unpaired) electrons. The number of ether oxygens (including phenoxy) is 1. The van der Waals surface area contributed by atoms with Crippen molar-refractivity contribution >= 4 is 5.78 Å². The summed E-state index contributed by atoms with van der Waals surface area (Å²) in [5.74, 6) is 0.448. The van der Waals surface area contributed by atoms with Crippen LogP contribution in [0.15, 0.2) is 18.2 Å². The van der Waals surface area contributed by atoms with Crippen LogP contribution in [0.25, 0.3) is 0 Å². The van der Waals surface area contributed by atoms with Crippen molar-refractivity contribution in [3.8, 4) is 5.88 Å². The zero-order valence-electron chi connectivity index (χ0n) is 12.7. The molecule has 19 heavy (non-hydrogen) atoms. The maximum atomic E-state index is 12.0. The lowest BCUT2D eigenvalue weighted by atomic mass is 10.1. The van der Waals surface area contributed by atoms with E-state index in [0.29, 0.717) is 11.6 Å². The molecule has 1 rings (SSSR count). The summed E-state index contributed by atoms with van der Waals surface area (Å²) >= 11 is 0. The first-order chi connectivity index (χ1) is 8.57. The van der Waals surface area contributed by atoms with E-state index in [1.807, 2.05) is 41.5 Å². The zero-order valence-corrected chi connectivity index (χ0v) is 12.7. The summed E-state index contributed by atoms with van der Waals surface area (Å²) in [6, 6.07) is 5.26. The van der Waals surface area contributed by atoms with Gasteiger partial charge in [0.25, 0.3) is 0 Å². The Labute approximate surface area is 115 Å². The minimum Gasteiger partial charge on any atom is -0.472 e. The molecule has 0 fully saturated rings. The van der Waals surface area contributed by atoms with E-state index < -0.39 is 0 Å².